The lowest BCUT2D eigenvalue weighted by Gasteiger charge is -2.55. The Morgan fingerprint density at radius 1 is 1.02 bits per heavy atom. The zero-order chi connectivity index (χ0) is 40.6. The van der Waals surface area contributed by atoms with E-state index < -0.39 is 37.6 Å². The first-order valence-corrected chi connectivity index (χ1v) is 23.0. The first-order valence-electron chi connectivity index (χ1n) is 20.1. The average molecular weight is 794 g/mol. The van der Waals surface area contributed by atoms with Gasteiger partial charge in [0.1, 0.15) is 23.7 Å². The third kappa shape index (κ3) is 6.35. The number of benzene rings is 3. The largest absolute Gasteiger partial charge is 0.508 e. The van der Waals surface area contributed by atoms with Crippen molar-refractivity contribution >= 4 is 30.7 Å². The van der Waals surface area contributed by atoms with Crippen LogP contribution in [0.1, 0.15) is 88.4 Å². The summed E-state index contributed by atoms with van der Waals surface area (Å²) in [6.07, 6.45) is 1.98. The highest BCUT2D eigenvalue weighted by Gasteiger charge is 2.67. The second kappa shape index (κ2) is 14.5. The number of rotatable bonds is 11. The number of allylic oxidation sites excluding steroid dienone is 1. The van der Waals surface area contributed by atoms with Gasteiger partial charge in [-0.3, -0.25) is 19.4 Å². The van der Waals surface area contributed by atoms with Gasteiger partial charge in [-0.2, -0.15) is 0 Å². The number of hydrogen-bond acceptors (Lipinski definition) is 11. The van der Waals surface area contributed by atoms with Gasteiger partial charge in [0.2, 0.25) is 5.78 Å². The monoisotopic (exact) mass is 793 g/mol. The third-order valence-corrected chi connectivity index (χ3v) is 17.7. The second-order valence-electron chi connectivity index (χ2n) is 18.0. The van der Waals surface area contributed by atoms with E-state index in [9.17, 15) is 5.11 Å². The number of nitrogens with zero attached hydrogens (tertiary/aromatic N) is 3. The molecule has 2 heterocycles. The molecule has 0 saturated carbocycles. The highest BCUT2D eigenvalue weighted by molar-refractivity contribution is 6.74. The summed E-state index contributed by atoms with van der Waals surface area (Å²) in [4.78, 5) is 35.4. The lowest BCUT2D eigenvalue weighted by atomic mass is 9.58. The van der Waals surface area contributed by atoms with Crippen molar-refractivity contribution in [1.82, 2.24) is 15.0 Å². The topological polar surface area (TPSA) is 124 Å². The minimum absolute atomic E-state index is 0.0131. The van der Waals surface area contributed by atoms with Crippen LogP contribution in [0.5, 0.6) is 11.6 Å². The van der Waals surface area contributed by atoms with E-state index in [2.05, 4.69) is 62.1 Å². The number of aliphatic hydroxyl groups is 1. The van der Waals surface area contributed by atoms with Gasteiger partial charge < -0.3 is 28.3 Å². The Bertz CT molecular complexity index is 2270. The zero-order valence-corrected chi connectivity index (χ0v) is 35.7. The van der Waals surface area contributed by atoms with E-state index in [4.69, 9.17) is 23.2 Å². The first-order chi connectivity index (χ1) is 27.1. The number of aryl methyl sites for hydroxylation is 1. The summed E-state index contributed by atoms with van der Waals surface area (Å²) in [5.41, 5.74) is 2.63. The van der Waals surface area contributed by atoms with Gasteiger partial charge in [-0.1, -0.05) is 63.2 Å². The summed E-state index contributed by atoms with van der Waals surface area (Å²) in [5.74, 6) is -1.16. The summed E-state index contributed by atoms with van der Waals surface area (Å²) in [7, 11) is 2.57. The molecule has 0 unspecified atom stereocenters. The first kappa shape index (κ1) is 39.5. The highest BCUT2D eigenvalue weighted by atomic mass is 28.4. The molecule has 12 heteroatoms. The zero-order valence-electron chi connectivity index (χ0n) is 34.7. The average Bonchev–Trinajstić information content (AvgIpc) is 3.56. The number of hydrogen-bond donors (Lipinski definition) is 1. The van der Waals surface area contributed by atoms with Crippen LogP contribution in [0, 0.1) is 18.8 Å². The Hall–Kier alpha value is -4.33. The van der Waals surface area contributed by atoms with Crippen molar-refractivity contribution in [3.8, 4) is 11.6 Å². The number of Topliss-reactive ketones (excluding diaryl/α,β-unsaturated/α-hetero) is 2. The molecule has 11 nitrogen and oxygen atoms in total. The molecule has 1 aromatic heterocycles. The van der Waals surface area contributed by atoms with Gasteiger partial charge in [0.25, 0.3) is 5.88 Å². The summed E-state index contributed by atoms with van der Waals surface area (Å²) in [6.45, 7) is 15.6. The second-order valence-corrected chi connectivity index (χ2v) is 22.8. The Labute approximate surface area is 336 Å². The number of carbonyl (C=O) groups excluding carboxylic acids is 2. The fourth-order valence-corrected chi connectivity index (χ4v) is 10.7. The predicted molar refractivity (Wildman–Crippen MR) is 219 cm³/mol. The summed E-state index contributed by atoms with van der Waals surface area (Å²) in [6, 6.07) is 15.5. The maximum Gasteiger partial charge on any atom is 0.265 e. The lowest BCUT2D eigenvalue weighted by Crippen LogP contribution is -2.65. The minimum atomic E-state index is -2.86. The fraction of sp³-hybridized carbons (Fsp3) is 0.489. The maximum atomic E-state index is 15.6. The third-order valence-electron chi connectivity index (χ3n) is 13.3. The van der Waals surface area contributed by atoms with Crippen LogP contribution in [-0.4, -0.2) is 86.6 Å². The Balaban J connectivity index is 1.33. The van der Waals surface area contributed by atoms with Gasteiger partial charge in [-0.25, -0.2) is 0 Å². The molecule has 3 aliphatic carbocycles. The number of aliphatic hydroxyl groups excluding tert-OH is 1. The van der Waals surface area contributed by atoms with Crippen molar-refractivity contribution in [2.24, 2.45) is 11.8 Å². The Kier molecular flexibility index (Phi) is 10.0. The van der Waals surface area contributed by atoms with E-state index >= 15 is 9.59 Å². The number of ether oxygens (including phenoxy) is 3. The quantitative estimate of drug-likeness (QED) is 0.116. The lowest BCUT2D eigenvalue weighted by molar-refractivity contribution is -0.0481. The number of ketones is 2. The van der Waals surface area contributed by atoms with Crippen LogP contribution in [0.3, 0.4) is 0 Å². The van der Waals surface area contributed by atoms with Crippen molar-refractivity contribution in [3.05, 3.63) is 99.0 Å². The van der Waals surface area contributed by atoms with Crippen LogP contribution >= 0.6 is 0 Å². The molecular weight excluding hydrogens is 739 g/mol. The molecular formula is C45H55N3O8Si. The van der Waals surface area contributed by atoms with Crippen LogP contribution < -0.4 is 9.47 Å². The molecule has 0 spiro atoms. The van der Waals surface area contributed by atoms with Crippen LogP contribution in [0.2, 0.25) is 18.1 Å². The standard InChI is InChI=1S/C45H55N3O8Si/c1-26-31-20-28(23-48-18-13-19-48)16-17-30(31)39(54-25-52-7)32-21-29-22-33-37(47(5)6)40-36(43(46-55-40)53-24-27-14-11-10-12-15-27)42(51)45(33,56-57(8,9)44(2,3)4)41(50)35(29)38(49)34(26)32/h10-12,14-17,20,29,33,37,50H,13,18-19,21-25H2,1-9H3/t29-,33-,37-,45-/m0/s1. The maximum absolute atomic E-state index is 15.6. The molecule has 0 amide bonds. The van der Waals surface area contributed by atoms with Gasteiger partial charge in [-0.05, 0) is 111 Å². The summed E-state index contributed by atoms with van der Waals surface area (Å²) in [5, 5.41) is 18.9. The van der Waals surface area contributed by atoms with E-state index in [1.54, 1.807) is 7.11 Å². The van der Waals surface area contributed by atoms with E-state index in [-0.39, 0.29) is 47.0 Å². The number of carbonyl (C=O) groups is 2. The molecule has 4 atom stereocenters. The fourth-order valence-electron chi connectivity index (χ4n) is 9.28. The van der Waals surface area contributed by atoms with Crippen molar-refractivity contribution in [2.45, 2.75) is 89.9 Å². The predicted octanol–water partition coefficient (Wildman–Crippen LogP) is 8.35. The molecule has 0 radical (unpaired) electrons. The van der Waals surface area contributed by atoms with Gasteiger partial charge in [0, 0.05) is 41.7 Å². The Morgan fingerprint density at radius 2 is 1.75 bits per heavy atom. The molecule has 1 fully saturated rings. The number of likely N-dealkylation sites (tertiary alicyclic amines) is 1. The SMILES string of the molecule is COCOc1c2c(c(C)c3cc(CN4CCC4)ccc13)C(=O)C1=C(O)[C@]3(O[Si](C)(C)C(C)(C)C)C(=O)c4c(OCc5ccccc5)noc4[C@@H](N(C)C)[C@@H]3C[C@@H]1C2. The molecule has 0 bridgehead atoms. The van der Waals surface area contributed by atoms with Crippen LogP contribution in [0.25, 0.3) is 10.8 Å². The smallest absolute Gasteiger partial charge is 0.265 e. The van der Waals surface area contributed by atoms with Crippen LogP contribution in [0.4, 0.5) is 0 Å². The summed E-state index contributed by atoms with van der Waals surface area (Å²) >= 11 is 0. The van der Waals surface area contributed by atoms with Gasteiger partial charge in [0.05, 0.1) is 6.04 Å². The van der Waals surface area contributed by atoms with E-state index in [1.165, 1.54) is 6.42 Å². The van der Waals surface area contributed by atoms with Crippen molar-refractivity contribution in [1.29, 1.82) is 0 Å². The summed E-state index contributed by atoms with van der Waals surface area (Å²) < 4.78 is 31.4. The molecule has 3 aromatic carbocycles. The molecule has 4 aromatic rings. The van der Waals surface area contributed by atoms with Gasteiger partial charge in [-0.15, -0.1) is 0 Å². The molecule has 1 aliphatic heterocycles. The van der Waals surface area contributed by atoms with E-state index in [0.717, 1.165) is 52.7 Å². The highest BCUT2D eigenvalue weighted by Crippen LogP contribution is 2.60. The van der Waals surface area contributed by atoms with E-state index in [1.807, 2.05) is 56.3 Å². The van der Waals surface area contributed by atoms with Gasteiger partial charge in [0.15, 0.2) is 32.3 Å². The minimum Gasteiger partial charge on any atom is -0.508 e. The van der Waals surface area contributed by atoms with E-state index in [0.29, 0.717) is 29.9 Å². The van der Waals surface area contributed by atoms with Crippen LogP contribution in [0.15, 0.2) is 64.4 Å². The molecule has 8 rings (SSSR count). The molecule has 1 saturated heterocycles. The molecule has 4 aliphatic rings. The van der Waals surface area contributed by atoms with Crippen molar-refractivity contribution < 1.29 is 37.9 Å². The number of fused-ring (bicyclic) bond motifs is 5. The number of methoxy groups -OCH3 is 1. The Morgan fingerprint density at radius 3 is 2.40 bits per heavy atom. The molecule has 1 N–H and O–H groups in total. The molecule has 57 heavy (non-hydrogen) atoms. The van der Waals surface area contributed by atoms with Crippen molar-refractivity contribution in [3.63, 3.8) is 0 Å². The normalized spacial score (nSPS) is 23.6. The number of aromatic nitrogens is 1. The van der Waals surface area contributed by atoms with Crippen LogP contribution in [-0.2, 0) is 28.7 Å². The van der Waals surface area contributed by atoms with Crippen molar-refractivity contribution in [2.75, 3.05) is 41.1 Å². The van der Waals surface area contributed by atoms with Gasteiger partial charge >= 0.3 is 0 Å². The molecule has 302 valence electrons.